The Balaban J connectivity index is 1.27. The van der Waals surface area contributed by atoms with Gasteiger partial charge >= 0.3 is 0 Å². The second-order valence-electron chi connectivity index (χ2n) is 14.1. The van der Waals surface area contributed by atoms with Crippen molar-refractivity contribution in [3.05, 3.63) is 206 Å². The molecule has 11 rings (SSSR count). The van der Waals surface area contributed by atoms with Crippen LogP contribution in [0.25, 0.3) is 98.1 Å². The SMILES string of the molecule is c1ccc(-c2ccc(-c3c(-c4c(-c5ccccc5)n(-c5ccc6c(c5)sc5ccccc56)c5ccccc45)c4ccccc4n3-c3ccccc3)cc2)cc1. The third-order valence-electron chi connectivity index (χ3n) is 10.9. The highest BCUT2D eigenvalue weighted by atomic mass is 32.1. The largest absolute Gasteiger partial charge is 0.309 e. The molecule has 0 aliphatic heterocycles. The molecule has 0 aliphatic rings. The van der Waals surface area contributed by atoms with Crippen LogP contribution in [0.15, 0.2) is 206 Å². The van der Waals surface area contributed by atoms with Gasteiger partial charge in [0.15, 0.2) is 0 Å². The quantitative estimate of drug-likeness (QED) is 0.162. The number of benzene rings is 8. The zero-order chi connectivity index (χ0) is 36.3. The van der Waals surface area contributed by atoms with Crippen molar-refractivity contribution in [1.82, 2.24) is 9.13 Å². The van der Waals surface area contributed by atoms with E-state index in [2.05, 4.69) is 215 Å². The van der Waals surface area contributed by atoms with Crippen LogP contribution in [0.5, 0.6) is 0 Å². The number of thiophene rings is 1. The first-order chi connectivity index (χ1) is 27.3. The standard InChI is InChI=1S/C52H34N2S/c1-4-16-35(17-5-1)36-28-30-38(31-29-36)52-50(43-23-10-13-25-45(43)53(52)39-20-8-3-9-21-39)49-44-24-11-14-26-46(44)54(51(49)37-18-6-2-7-19-37)40-32-33-42-41-22-12-15-27-47(41)55-48(42)34-40/h1-34H. The van der Waals surface area contributed by atoms with Crippen molar-refractivity contribution in [1.29, 1.82) is 0 Å². The van der Waals surface area contributed by atoms with Crippen molar-refractivity contribution in [2.45, 2.75) is 0 Å². The van der Waals surface area contributed by atoms with Crippen LogP contribution in [0.2, 0.25) is 0 Å². The summed E-state index contributed by atoms with van der Waals surface area (Å²) in [6.07, 6.45) is 0. The predicted molar refractivity (Wildman–Crippen MR) is 235 cm³/mol. The molecule has 0 saturated heterocycles. The van der Waals surface area contributed by atoms with Gasteiger partial charge in [0.25, 0.3) is 0 Å². The summed E-state index contributed by atoms with van der Waals surface area (Å²) in [7, 11) is 0. The maximum atomic E-state index is 2.50. The highest BCUT2D eigenvalue weighted by Crippen LogP contribution is 2.51. The smallest absolute Gasteiger partial charge is 0.0620 e. The number of hydrogen-bond donors (Lipinski definition) is 0. The fourth-order valence-corrected chi connectivity index (χ4v) is 9.69. The molecule has 0 N–H and O–H groups in total. The minimum Gasteiger partial charge on any atom is -0.309 e. The molecular formula is C52H34N2S. The summed E-state index contributed by atoms with van der Waals surface area (Å²) in [5, 5.41) is 5.05. The van der Waals surface area contributed by atoms with Gasteiger partial charge in [-0.3, -0.25) is 0 Å². The average molecular weight is 719 g/mol. The fraction of sp³-hybridized carbons (Fsp3) is 0. The third-order valence-corrected chi connectivity index (χ3v) is 12.1. The van der Waals surface area contributed by atoms with E-state index < -0.39 is 0 Å². The Morgan fingerprint density at radius 1 is 0.291 bits per heavy atom. The maximum Gasteiger partial charge on any atom is 0.0620 e. The Morgan fingerprint density at radius 3 is 1.36 bits per heavy atom. The van der Waals surface area contributed by atoms with Gasteiger partial charge in [0.2, 0.25) is 0 Å². The molecule has 0 fully saturated rings. The number of aromatic nitrogens is 2. The monoisotopic (exact) mass is 718 g/mol. The highest BCUT2D eigenvalue weighted by molar-refractivity contribution is 7.25. The highest BCUT2D eigenvalue weighted by Gasteiger charge is 2.29. The first kappa shape index (κ1) is 31.6. The van der Waals surface area contributed by atoms with E-state index in [9.17, 15) is 0 Å². The summed E-state index contributed by atoms with van der Waals surface area (Å²) in [6.45, 7) is 0. The molecule has 2 nitrogen and oxygen atoms in total. The molecule has 258 valence electrons. The molecule has 55 heavy (non-hydrogen) atoms. The molecule has 0 radical (unpaired) electrons. The lowest BCUT2D eigenvalue weighted by Gasteiger charge is -2.16. The number of nitrogens with zero attached hydrogens (tertiary/aromatic N) is 2. The van der Waals surface area contributed by atoms with Crippen molar-refractivity contribution in [3.8, 4) is 56.1 Å². The Kier molecular flexibility index (Phi) is 7.39. The third kappa shape index (κ3) is 5.09. The molecule has 0 bridgehead atoms. The van der Waals surface area contributed by atoms with Gasteiger partial charge in [-0.15, -0.1) is 11.3 Å². The van der Waals surface area contributed by atoms with Crippen LogP contribution in [-0.2, 0) is 0 Å². The van der Waals surface area contributed by atoms with Crippen molar-refractivity contribution in [2.75, 3.05) is 0 Å². The van der Waals surface area contributed by atoms with Crippen molar-refractivity contribution < 1.29 is 0 Å². The normalized spacial score (nSPS) is 11.6. The zero-order valence-electron chi connectivity index (χ0n) is 29.9. The van der Waals surface area contributed by atoms with Gasteiger partial charge < -0.3 is 9.13 Å². The first-order valence-electron chi connectivity index (χ1n) is 18.8. The van der Waals surface area contributed by atoms with Gasteiger partial charge in [0.1, 0.15) is 0 Å². The molecular weight excluding hydrogens is 685 g/mol. The fourth-order valence-electron chi connectivity index (χ4n) is 8.55. The van der Waals surface area contributed by atoms with Gasteiger partial charge in [-0.05, 0) is 64.7 Å². The number of rotatable bonds is 6. The van der Waals surface area contributed by atoms with E-state index >= 15 is 0 Å². The topological polar surface area (TPSA) is 9.86 Å². The molecule has 3 heterocycles. The van der Waals surface area contributed by atoms with Crippen LogP contribution in [0.1, 0.15) is 0 Å². The Bertz CT molecular complexity index is 3170. The lowest BCUT2D eigenvalue weighted by Crippen LogP contribution is -1.99. The molecule has 0 spiro atoms. The lowest BCUT2D eigenvalue weighted by atomic mass is 9.93. The van der Waals surface area contributed by atoms with E-state index in [1.807, 2.05) is 11.3 Å². The van der Waals surface area contributed by atoms with Gasteiger partial charge in [-0.2, -0.15) is 0 Å². The minimum atomic E-state index is 1.13. The van der Waals surface area contributed by atoms with E-state index in [1.165, 1.54) is 81.2 Å². The van der Waals surface area contributed by atoms with E-state index in [4.69, 9.17) is 0 Å². The summed E-state index contributed by atoms with van der Waals surface area (Å²) < 4.78 is 7.57. The number of hydrogen-bond acceptors (Lipinski definition) is 1. The lowest BCUT2D eigenvalue weighted by molar-refractivity contribution is 1.13. The summed E-state index contributed by atoms with van der Waals surface area (Å²) in [5.41, 5.74) is 14.2. The van der Waals surface area contributed by atoms with Crippen LogP contribution in [0, 0.1) is 0 Å². The molecule has 8 aromatic carbocycles. The summed E-state index contributed by atoms with van der Waals surface area (Å²) in [5.74, 6) is 0. The van der Waals surface area contributed by atoms with Crippen LogP contribution in [0.3, 0.4) is 0 Å². The summed E-state index contributed by atoms with van der Waals surface area (Å²) >= 11 is 1.87. The van der Waals surface area contributed by atoms with Crippen LogP contribution < -0.4 is 0 Å². The second kappa shape index (κ2) is 12.9. The first-order valence-corrected chi connectivity index (χ1v) is 19.6. The van der Waals surface area contributed by atoms with E-state index in [0.29, 0.717) is 0 Å². The summed E-state index contributed by atoms with van der Waals surface area (Å²) in [6, 6.07) is 75.2. The average Bonchev–Trinajstić information content (AvgIpc) is 3.92. The van der Waals surface area contributed by atoms with Crippen molar-refractivity contribution in [2.24, 2.45) is 0 Å². The van der Waals surface area contributed by atoms with Crippen LogP contribution in [-0.4, -0.2) is 9.13 Å². The van der Waals surface area contributed by atoms with Crippen LogP contribution in [0.4, 0.5) is 0 Å². The predicted octanol–water partition coefficient (Wildman–Crippen LogP) is 14.6. The number of fused-ring (bicyclic) bond motifs is 5. The van der Waals surface area contributed by atoms with Crippen molar-refractivity contribution >= 4 is 53.3 Å². The van der Waals surface area contributed by atoms with E-state index in [0.717, 1.165) is 16.9 Å². The molecule has 0 amide bonds. The van der Waals surface area contributed by atoms with Gasteiger partial charge in [-0.25, -0.2) is 0 Å². The Labute approximate surface area is 323 Å². The Hall–Kier alpha value is -6.94. The van der Waals surface area contributed by atoms with Gasteiger partial charge in [-0.1, -0.05) is 164 Å². The molecule has 3 heteroatoms. The maximum absolute atomic E-state index is 2.50. The minimum absolute atomic E-state index is 1.13. The summed E-state index contributed by atoms with van der Waals surface area (Å²) in [4.78, 5) is 0. The van der Waals surface area contributed by atoms with Gasteiger partial charge in [0, 0.05) is 53.4 Å². The van der Waals surface area contributed by atoms with E-state index in [-0.39, 0.29) is 0 Å². The van der Waals surface area contributed by atoms with Crippen LogP contribution >= 0.6 is 11.3 Å². The molecule has 0 aliphatic carbocycles. The molecule has 0 saturated carbocycles. The zero-order valence-corrected chi connectivity index (χ0v) is 30.7. The molecule has 11 aromatic rings. The van der Waals surface area contributed by atoms with Gasteiger partial charge in [0.05, 0.1) is 22.4 Å². The molecule has 0 unspecified atom stereocenters. The Morgan fingerprint density at radius 2 is 0.727 bits per heavy atom. The second-order valence-corrected chi connectivity index (χ2v) is 15.2. The van der Waals surface area contributed by atoms with E-state index in [1.54, 1.807) is 0 Å². The number of para-hydroxylation sites is 3. The molecule has 3 aromatic heterocycles. The molecule has 0 atom stereocenters. The van der Waals surface area contributed by atoms with Crippen molar-refractivity contribution in [3.63, 3.8) is 0 Å².